The van der Waals surface area contributed by atoms with Crippen LogP contribution >= 0.6 is 0 Å². The minimum Gasteiger partial charge on any atom is -0.316 e. The number of pyridine rings is 1. The zero-order valence-corrected chi connectivity index (χ0v) is 13.1. The molecule has 1 N–H and O–H groups in total. The normalized spacial score (nSPS) is 23.8. The van der Waals surface area contributed by atoms with Crippen molar-refractivity contribution in [3.63, 3.8) is 0 Å². The van der Waals surface area contributed by atoms with Crippen molar-refractivity contribution in [2.45, 2.75) is 52.4 Å². The molecule has 0 saturated heterocycles. The maximum absolute atomic E-state index is 4.53. The Morgan fingerprint density at radius 3 is 2.65 bits per heavy atom. The van der Waals surface area contributed by atoms with Crippen molar-refractivity contribution < 1.29 is 0 Å². The smallest absolute Gasteiger partial charge is 0.0406 e. The minimum absolute atomic E-state index is 0.745. The van der Waals surface area contributed by atoms with Crippen LogP contribution in [0.4, 0.5) is 0 Å². The Labute approximate surface area is 124 Å². The molecule has 2 rings (SSSR count). The van der Waals surface area contributed by atoms with Gasteiger partial charge in [-0.25, -0.2) is 0 Å². The van der Waals surface area contributed by atoms with Gasteiger partial charge in [0, 0.05) is 11.9 Å². The largest absolute Gasteiger partial charge is 0.316 e. The molecule has 0 amide bonds. The minimum atomic E-state index is 0.745. The summed E-state index contributed by atoms with van der Waals surface area (Å²) >= 11 is 0. The van der Waals surface area contributed by atoms with E-state index in [2.05, 4.69) is 36.3 Å². The van der Waals surface area contributed by atoms with Crippen LogP contribution in [0.15, 0.2) is 24.4 Å². The highest BCUT2D eigenvalue weighted by molar-refractivity contribution is 5.05. The fraction of sp³-hybridized carbons (Fsp3) is 0.722. The second-order valence-electron chi connectivity index (χ2n) is 6.74. The molecule has 20 heavy (non-hydrogen) atoms. The van der Waals surface area contributed by atoms with Gasteiger partial charge in [-0.05, 0) is 62.2 Å². The van der Waals surface area contributed by atoms with Crippen LogP contribution in [-0.2, 0) is 6.42 Å². The summed E-state index contributed by atoms with van der Waals surface area (Å²) in [5.74, 6) is 2.39. The molecule has 1 aliphatic rings. The highest BCUT2D eigenvalue weighted by atomic mass is 14.9. The molecule has 1 aromatic heterocycles. The predicted octanol–water partition coefficient (Wildman–Crippen LogP) is 4.07. The highest BCUT2D eigenvalue weighted by Crippen LogP contribution is 2.30. The van der Waals surface area contributed by atoms with Crippen LogP contribution in [0.3, 0.4) is 0 Å². The maximum atomic E-state index is 4.53. The van der Waals surface area contributed by atoms with E-state index < -0.39 is 0 Å². The SMILES string of the molecule is CC(C)CNCC1CCCCCC1Cc1ccccn1. The third kappa shape index (κ3) is 5.24. The number of hydrogen-bond donors (Lipinski definition) is 1. The van der Waals surface area contributed by atoms with E-state index in [1.54, 1.807) is 0 Å². The zero-order chi connectivity index (χ0) is 14.2. The van der Waals surface area contributed by atoms with Crippen molar-refractivity contribution in [3.05, 3.63) is 30.1 Å². The van der Waals surface area contributed by atoms with Crippen LogP contribution in [0.5, 0.6) is 0 Å². The number of nitrogens with one attached hydrogen (secondary N) is 1. The Bertz CT molecular complexity index is 361. The third-order valence-corrected chi connectivity index (χ3v) is 4.47. The molecule has 1 aromatic rings. The van der Waals surface area contributed by atoms with E-state index in [1.165, 1.54) is 44.3 Å². The van der Waals surface area contributed by atoms with Crippen molar-refractivity contribution in [2.24, 2.45) is 17.8 Å². The molecule has 0 spiro atoms. The second-order valence-corrected chi connectivity index (χ2v) is 6.74. The molecule has 2 unspecified atom stereocenters. The van der Waals surface area contributed by atoms with E-state index in [-0.39, 0.29) is 0 Å². The first kappa shape index (κ1) is 15.5. The highest BCUT2D eigenvalue weighted by Gasteiger charge is 2.24. The van der Waals surface area contributed by atoms with Crippen LogP contribution in [0.25, 0.3) is 0 Å². The number of nitrogens with zero attached hydrogens (tertiary/aromatic N) is 1. The van der Waals surface area contributed by atoms with E-state index in [9.17, 15) is 0 Å². The molecule has 1 saturated carbocycles. The van der Waals surface area contributed by atoms with Gasteiger partial charge >= 0.3 is 0 Å². The Morgan fingerprint density at radius 2 is 1.95 bits per heavy atom. The lowest BCUT2D eigenvalue weighted by atomic mass is 9.84. The molecule has 2 atom stereocenters. The van der Waals surface area contributed by atoms with Crippen molar-refractivity contribution in [3.8, 4) is 0 Å². The van der Waals surface area contributed by atoms with Gasteiger partial charge in [0.15, 0.2) is 0 Å². The Kier molecular flexibility index (Phi) is 6.52. The molecule has 0 aromatic carbocycles. The first-order valence-corrected chi connectivity index (χ1v) is 8.36. The summed E-state index contributed by atoms with van der Waals surface area (Å²) in [6.45, 7) is 6.90. The van der Waals surface area contributed by atoms with Crippen LogP contribution in [-0.4, -0.2) is 18.1 Å². The lowest BCUT2D eigenvalue weighted by Gasteiger charge is -2.25. The summed E-state index contributed by atoms with van der Waals surface area (Å²) in [4.78, 5) is 4.53. The lowest BCUT2D eigenvalue weighted by Crippen LogP contribution is -2.31. The van der Waals surface area contributed by atoms with Gasteiger partial charge in [0.2, 0.25) is 0 Å². The monoisotopic (exact) mass is 274 g/mol. The summed E-state index contributed by atoms with van der Waals surface area (Å²) in [7, 11) is 0. The summed E-state index contributed by atoms with van der Waals surface area (Å²) in [5, 5.41) is 3.68. The molecule has 0 aliphatic heterocycles. The second kappa shape index (κ2) is 8.41. The fourth-order valence-electron chi connectivity index (χ4n) is 3.34. The molecule has 1 aliphatic carbocycles. The molecule has 0 radical (unpaired) electrons. The van der Waals surface area contributed by atoms with Crippen molar-refractivity contribution in [2.75, 3.05) is 13.1 Å². The molecule has 0 bridgehead atoms. The van der Waals surface area contributed by atoms with Crippen LogP contribution in [0, 0.1) is 17.8 Å². The van der Waals surface area contributed by atoms with Crippen molar-refractivity contribution >= 4 is 0 Å². The van der Waals surface area contributed by atoms with Gasteiger partial charge in [-0.3, -0.25) is 4.98 Å². The molecular weight excluding hydrogens is 244 g/mol. The number of aromatic nitrogens is 1. The van der Waals surface area contributed by atoms with Gasteiger partial charge < -0.3 is 5.32 Å². The summed E-state index contributed by atoms with van der Waals surface area (Å²) in [5.41, 5.74) is 1.27. The van der Waals surface area contributed by atoms with Gasteiger partial charge in [0.25, 0.3) is 0 Å². The van der Waals surface area contributed by atoms with Crippen LogP contribution in [0.1, 0.15) is 51.6 Å². The van der Waals surface area contributed by atoms with Gasteiger partial charge in [0.1, 0.15) is 0 Å². The van der Waals surface area contributed by atoms with E-state index in [1.807, 2.05) is 12.3 Å². The topological polar surface area (TPSA) is 24.9 Å². The van der Waals surface area contributed by atoms with Crippen LogP contribution in [0.2, 0.25) is 0 Å². The predicted molar refractivity (Wildman–Crippen MR) is 85.7 cm³/mol. The molecule has 112 valence electrons. The fourth-order valence-corrected chi connectivity index (χ4v) is 3.34. The van der Waals surface area contributed by atoms with Gasteiger partial charge in [0.05, 0.1) is 0 Å². The molecule has 1 fully saturated rings. The average Bonchev–Trinajstić information content (AvgIpc) is 2.65. The third-order valence-electron chi connectivity index (χ3n) is 4.47. The van der Waals surface area contributed by atoms with Gasteiger partial charge in [-0.2, -0.15) is 0 Å². The van der Waals surface area contributed by atoms with Crippen LogP contribution < -0.4 is 5.32 Å². The Hall–Kier alpha value is -0.890. The van der Waals surface area contributed by atoms with Crippen molar-refractivity contribution in [1.29, 1.82) is 0 Å². The van der Waals surface area contributed by atoms with E-state index >= 15 is 0 Å². The average molecular weight is 274 g/mol. The summed E-state index contributed by atoms with van der Waals surface area (Å²) < 4.78 is 0. The van der Waals surface area contributed by atoms with E-state index in [0.29, 0.717) is 0 Å². The molecule has 2 nitrogen and oxygen atoms in total. The van der Waals surface area contributed by atoms with Gasteiger partial charge in [-0.1, -0.05) is 39.2 Å². The van der Waals surface area contributed by atoms with Crippen molar-refractivity contribution in [1.82, 2.24) is 10.3 Å². The molecule has 1 heterocycles. The van der Waals surface area contributed by atoms with E-state index in [4.69, 9.17) is 0 Å². The standard InChI is InChI=1S/C18H30N2/c1-15(2)13-19-14-17-9-5-3-4-8-16(17)12-18-10-6-7-11-20-18/h6-7,10-11,15-17,19H,3-5,8-9,12-14H2,1-2H3. The van der Waals surface area contributed by atoms with E-state index in [0.717, 1.165) is 30.7 Å². The lowest BCUT2D eigenvalue weighted by molar-refractivity contribution is 0.292. The Balaban J connectivity index is 1.90. The summed E-state index contributed by atoms with van der Waals surface area (Å²) in [6.07, 6.45) is 10.1. The first-order valence-electron chi connectivity index (χ1n) is 8.36. The number of rotatable bonds is 6. The quantitative estimate of drug-likeness (QED) is 0.791. The first-order chi connectivity index (χ1) is 9.75. The molecule has 2 heteroatoms. The Morgan fingerprint density at radius 1 is 1.15 bits per heavy atom. The molecular formula is C18H30N2. The summed E-state index contributed by atoms with van der Waals surface area (Å²) in [6, 6.07) is 6.31. The number of hydrogen-bond acceptors (Lipinski definition) is 2. The van der Waals surface area contributed by atoms with Gasteiger partial charge in [-0.15, -0.1) is 0 Å². The zero-order valence-electron chi connectivity index (χ0n) is 13.1. The maximum Gasteiger partial charge on any atom is 0.0406 e.